The van der Waals surface area contributed by atoms with Gasteiger partial charge in [0.25, 0.3) is 0 Å². The van der Waals surface area contributed by atoms with E-state index < -0.39 is 5.97 Å². The first-order valence-electron chi connectivity index (χ1n) is 7.06. The second-order valence-corrected chi connectivity index (χ2v) is 6.56. The maximum absolute atomic E-state index is 11.1. The van der Waals surface area contributed by atoms with Gasteiger partial charge in [0.05, 0.1) is 11.3 Å². The molecule has 0 spiro atoms. The van der Waals surface area contributed by atoms with E-state index in [4.69, 9.17) is 16.7 Å². The Kier molecular flexibility index (Phi) is 4.46. The average molecular weight is 344 g/mol. The number of carbonyl (C=O) groups is 1. The highest BCUT2D eigenvalue weighted by molar-refractivity contribution is 7.13. The molecule has 0 saturated carbocycles. The van der Waals surface area contributed by atoms with Gasteiger partial charge in [-0.05, 0) is 36.2 Å². The number of carboxylic acid groups (broad SMARTS) is 1. The minimum Gasteiger partial charge on any atom is -0.478 e. The number of aryl methyl sites for hydroxylation is 1. The molecule has 0 fully saturated rings. The van der Waals surface area contributed by atoms with Crippen LogP contribution in [0.2, 0.25) is 5.02 Å². The van der Waals surface area contributed by atoms with Gasteiger partial charge in [0.2, 0.25) is 0 Å². The van der Waals surface area contributed by atoms with Crippen molar-refractivity contribution >= 4 is 28.9 Å². The summed E-state index contributed by atoms with van der Waals surface area (Å²) in [5.41, 5.74) is 4.20. The minimum absolute atomic E-state index is 0.268. The zero-order valence-corrected chi connectivity index (χ0v) is 14.0. The van der Waals surface area contributed by atoms with Crippen molar-refractivity contribution in [3.63, 3.8) is 0 Å². The summed E-state index contributed by atoms with van der Waals surface area (Å²) in [4.78, 5) is 15.7. The highest BCUT2D eigenvalue weighted by Gasteiger charge is 2.09. The van der Waals surface area contributed by atoms with Crippen LogP contribution in [-0.2, 0) is 6.42 Å². The van der Waals surface area contributed by atoms with Gasteiger partial charge in [-0.15, -0.1) is 11.3 Å². The van der Waals surface area contributed by atoms with Gasteiger partial charge >= 0.3 is 5.97 Å². The van der Waals surface area contributed by atoms with Crippen LogP contribution in [0, 0.1) is 6.92 Å². The fourth-order valence-corrected chi connectivity index (χ4v) is 3.28. The lowest BCUT2D eigenvalue weighted by molar-refractivity contribution is 0.0697. The maximum Gasteiger partial charge on any atom is 0.335 e. The zero-order chi connectivity index (χ0) is 16.4. The molecular formula is C18H14ClNO2S. The Hall–Kier alpha value is -2.17. The predicted molar refractivity (Wildman–Crippen MR) is 93.5 cm³/mol. The first-order chi connectivity index (χ1) is 11.0. The smallest absolute Gasteiger partial charge is 0.335 e. The molecule has 0 atom stereocenters. The molecule has 1 heterocycles. The molecular weight excluding hydrogens is 330 g/mol. The standard InChI is InChI=1S/C18H14ClNO2S/c1-11-5-6-12(8-16(11)19)7-15-10-23-17(20-15)13-3-2-4-14(9-13)18(21)22/h2-6,8-10H,7H2,1H3,(H,21,22). The maximum atomic E-state index is 11.1. The number of hydrogen-bond donors (Lipinski definition) is 1. The predicted octanol–water partition coefficient (Wildman–Crippen LogP) is 5.06. The van der Waals surface area contributed by atoms with E-state index in [1.807, 2.05) is 36.6 Å². The summed E-state index contributed by atoms with van der Waals surface area (Å²) in [7, 11) is 0. The molecule has 1 aromatic heterocycles. The number of hydrogen-bond acceptors (Lipinski definition) is 3. The molecule has 0 aliphatic carbocycles. The monoisotopic (exact) mass is 343 g/mol. The van der Waals surface area contributed by atoms with E-state index in [0.717, 1.165) is 32.4 Å². The summed E-state index contributed by atoms with van der Waals surface area (Å²) in [5.74, 6) is -0.932. The van der Waals surface area contributed by atoms with E-state index in [1.165, 1.54) is 11.3 Å². The number of nitrogens with zero attached hydrogens (tertiary/aromatic N) is 1. The Labute approximate surface area is 143 Å². The molecule has 3 nitrogen and oxygen atoms in total. The van der Waals surface area contributed by atoms with Crippen molar-refractivity contribution in [3.05, 3.63) is 75.3 Å². The topological polar surface area (TPSA) is 50.2 Å². The van der Waals surface area contributed by atoms with Gasteiger partial charge in [0, 0.05) is 22.4 Å². The van der Waals surface area contributed by atoms with Crippen molar-refractivity contribution in [2.24, 2.45) is 0 Å². The second-order valence-electron chi connectivity index (χ2n) is 5.29. The molecule has 0 saturated heterocycles. The van der Waals surface area contributed by atoms with Crippen LogP contribution in [-0.4, -0.2) is 16.1 Å². The van der Waals surface area contributed by atoms with Crippen LogP contribution in [0.25, 0.3) is 10.6 Å². The number of thiazole rings is 1. The Morgan fingerprint density at radius 2 is 2.09 bits per heavy atom. The van der Waals surface area contributed by atoms with Gasteiger partial charge in [-0.2, -0.15) is 0 Å². The normalized spacial score (nSPS) is 10.7. The third-order valence-electron chi connectivity index (χ3n) is 3.53. The molecule has 0 aliphatic heterocycles. The average Bonchev–Trinajstić information content (AvgIpc) is 2.99. The van der Waals surface area contributed by atoms with E-state index in [2.05, 4.69) is 4.98 Å². The number of aromatic nitrogens is 1. The quantitative estimate of drug-likeness (QED) is 0.720. The molecule has 0 aliphatic rings. The first-order valence-corrected chi connectivity index (χ1v) is 8.32. The summed E-state index contributed by atoms with van der Waals surface area (Å²) in [6.07, 6.45) is 0.703. The van der Waals surface area contributed by atoms with E-state index >= 15 is 0 Å². The molecule has 0 unspecified atom stereocenters. The Morgan fingerprint density at radius 3 is 2.83 bits per heavy atom. The molecule has 116 valence electrons. The lowest BCUT2D eigenvalue weighted by atomic mass is 10.1. The van der Waals surface area contributed by atoms with Gasteiger partial charge in [-0.1, -0.05) is 35.9 Å². The highest BCUT2D eigenvalue weighted by Crippen LogP contribution is 2.26. The highest BCUT2D eigenvalue weighted by atomic mass is 35.5. The molecule has 2 aromatic carbocycles. The fourth-order valence-electron chi connectivity index (χ4n) is 2.26. The number of halogens is 1. The van der Waals surface area contributed by atoms with E-state index in [0.29, 0.717) is 6.42 Å². The van der Waals surface area contributed by atoms with Crippen LogP contribution in [0.4, 0.5) is 0 Å². The molecule has 0 radical (unpaired) electrons. The summed E-state index contributed by atoms with van der Waals surface area (Å²) < 4.78 is 0. The van der Waals surface area contributed by atoms with Gasteiger partial charge in [-0.3, -0.25) is 0 Å². The van der Waals surface area contributed by atoms with Gasteiger partial charge in [-0.25, -0.2) is 9.78 Å². The molecule has 3 rings (SSSR count). The first kappa shape index (κ1) is 15.7. The van der Waals surface area contributed by atoms with Crippen molar-refractivity contribution in [2.45, 2.75) is 13.3 Å². The van der Waals surface area contributed by atoms with Gasteiger partial charge < -0.3 is 5.11 Å². The fraction of sp³-hybridized carbons (Fsp3) is 0.111. The Morgan fingerprint density at radius 1 is 1.26 bits per heavy atom. The molecule has 5 heteroatoms. The zero-order valence-electron chi connectivity index (χ0n) is 12.4. The van der Waals surface area contributed by atoms with Crippen molar-refractivity contribution in [2.75, 3.05) is 0 Å². The largest absolute Gasteiger partial charge is 0.478 e. The lowest BCUT2D eigenvalue weighted by Crippen LogP contribution is -1.95. The summed E-state index contributed by atoms with van der Waals surface area (Å²) in [6, 6.07) is 12.8. The summed E-state index contributed by atoms with van der Waals surface area (Å²) in [5, 5.41) is 12.6. The van der Waals surface area contributed by atoms with Crippen molar-refractivity contribution in [3.8, 4) is 10.6 Å². The molecule has 0 bridgehead atoms. The minimum atomic E-state index is -0.932. The number of aromatic carboxylic acids is 1. The van der Waals surface area contributed by atoms with Crippen LogP contribution in [0.15, 0.2) is 47.8 Å². The SMILES string of the molecule is Cc1ccc(Cc2csc(-c3cccc(C(=O)O)c3)n2)cc1Cl. The van der Waals surface area contributed by atoms with Gasteiger partial charge in [0.1, 0.15) is 5.01 Å². The lowest BCUT2D eigenvalue weighted by Gasteiger charge is -2.02. The van der Waals surface area contributed by atoms with Crippen molar-refractivity contribution in [1.82, 2.24) is 4.98 Å². The molecule has 3 aromatic rings. The van der Waals surface area contributed by atoms with E-state index in [1.54, 1.807) is 18.2 Å². The number of carboxylic acids is 1. The Bertz CT molecular complexity index is 873. The summed E-state index contributed by atoms with van der Waals surface area (Å²) >= 11 is 7.67. The molecule has 1 N–H and O–H groups in total. The van der Waals surface area contributed by atoms with E-state index in [-0.39, 0.29) is 5.56 Å². The third kappa shape index (κ3) is 3.60. The van der Waals surface area contributed by atoms with Crippen LogP contribution in [0.5, 0.6) is 0 Å². The van der Waals surface area contributed by atoms with Crippen LogP contribution in [0.3, 0.4) is 0 Å². The van der Waals surface area contributed by atoms with Crippen LogP contribution < -0.4 is 0 Å². The van der Waals surface area contributed by atoms with Crippen molar-refractivity contribution in [1.29, 1.82) is 0 Å². The third-order valence-corrected chi connectivity index (χ3v) is 4.88. The van der Waals surface area contributed by atoms with Crippen LogP contribution >= 0.6 is 22.9 Å². The number of benzene rings is 2. The van der Waals surface area contributed by atoms with Gasteiger partial charge in [0.15, 0.2) is 0 Å². The Balaban J connectivity index is 1.84. The summed E-state index contributed by atoms with van der Waals surface area (Å²) in [6.45, 7) is 1.97. The number of rotatable bonds is 4. The molecule has 0 amide bonds. The van der Waals surface area contributed by atoms with Crippen LogP contribution in [0.1, 0.15) is 27.2 Å². The van der Waals surface area contributed by atoms with E-state index in [9.17, 15) is 4.79 Å². The van der Waals surface area contributed by atoms with Crippen molar-refractivity contribution < 1.29 is 9.90 Å². The molecule has 23 heavy (non-hydrogen) atoms. The second kappa shape index (κ2) is 6.52.